The number of hydrogen-bond acceptors (Lipinski definition) is 4. The second-order valence-electron chi connectivity index (χ2n) is 3.32. The van der Waals surface area contributed by atoms with E-state index in [2.05, 4.69) is 6.58 Å². The normalized spacial score (nSPS) is 11.5. The van der Waals surface area contributed by atoms with Crippen molar-refractivity contribution in [3.05, 3.63) is 65.0 Å². The van der Waals surface area contributed by atoms with Crippen LogP contribution >= 0.6 is 0 Å². The summed E-state index contributed by atoms with van der Waals surface area (Å²) in [5.74, 6) is 0.277. The van der Waals surface area contributed by atoms with Crippen molar-refractivity contribution in [1.29, 1.82) is 0 Å². The molecule has 0 aromatic heterocycles. The minimum absolute atomic E-state index is 0.0235. The summed E-state index contributed by atoms with van der Waals surface area (Å²) in [6.45, 7) is 5.33. The monoisotopic (exact) mass is 247 g/mol. The molecule has 0 bridgehead atoms. The van der Waals surface area contributed by atoms with Crippen LogP contribution in [0.5, 0.6) is 11.5 Å². The van der Waals surface area contributed by atoms with E-state index in [0.29, 0.717) is 5.76 Å². The van der Waals surface area contributed by atoms with Crippen molar-refractivity contribution in [3.8, 4) is 11.5 Å². The highest BCUT2D eigenvalue weighted by Crippen LogP contribution is 2.31. The van der Waals surface area contributed by atoms with E-state index in [1.54, 1.807) is 25.2 Å². The van der Waals surface area contributed by atoms with Crippen LogP contribution < -0.4 is 4.74 Å². The van der Waals surface area contributed by atoms with Gasteiger partial charge in [-0.15, -0.1) is 0 Å². The molecule has 0 aliphatic rings. The molecular formula is C13H13NO4. The van der Waals surface area contributed by atoms with Crippen LogP contribution in [0.2, 0.25) is 0 Å². The smallest absolute Gasteiger partial charge is 0.273 e. The highest BCUT2D eigenvalue weighted by molar-refractivity contribution is 5.48. The van der Waals surface area contributed by atoms with E-state index in [4.69, 9.17) is 4.74 Å². The Morgan fingerprint density at radius 2 is 2.28 bits per heavy atom. The number of allylic oxidation sites excluding steroid dienone is 4. The van der Waals surface area contributed by atoms with E-state index in [-0.39, 0.29) is 17.2 Å². The van der Waals surface area contributed by atoms with Gasteiger partial charge in [0.25, 0.3) is 5.69 Å². The first-order chi connectivity index (χ1) is 8.58. The van der Waals surface area contributed by atoms with Gasteiger partial charge in [-0.2, -0.15) is 0 Å². The fourth-order valence-electron chi connectivity index (χ4n) is 1.23. The molecule has 0 saturated heterocycles. The van der Waals surface area contributed by atoms with E-state index in [1.807, 2.05) is 0 Å². The average Bonchev–Trinajstić information content (AvgIpc) is 2.32. The third-order valence-corrected chi connectivity index (χ3v) is 2.00. The molecule has 0 aliphatic carbocycles. The Kier molecular flexibility index (Phi) is 4.68. The summed E-state index contributed by atoms with van der Waals surface area (Å²) in [4.78, 5) is 10.1. The number of non-ortho nitro benzene ring substituents is 1. The van der Waals surface area contributed by atoms with Crippen molar-refractivity contribution in [1.82, 2.24) is 0 Å². The molecule has 1 rings (SSSR count). The molecule has 0 aliphatic heterocycles. The minimum Gasteiger partial charge on any atom is -0.504 e. The molecule has 1 N–H and O–H groups in total. The predicted molar refractivity (Wildman–Crippen MR) is 68.5 cm³/mol. The Balaban J connectivity index is 3.08. The van der Waals surface area contributed by atoms with Crippen molar-refractivity contribution >= 4 is 5.69 Å². The van der Waals surface area contributed by atoms with Gasteiger partial charge in [0.2, 0.25) is 0 Å². The van der Waals surface area contributed by atoms with Gasteiger partial charge in [0, 0.05) is 6.07 Å². The molecular weight excluding hydrogens is 234 g/mol. The standard InChI is InChI=1S/C13H13NO4/c1-3-5-11(6-4-2)18-13-9-10(14(16)17)7-8-12(13)15/h3-9,15H,1H2,2H3/b6-4-,11-5+. The van der Waals surface area contributed by atoms with Crippen molar-refractivity contribution in [3.63, 3.8) is 0 Å². The van der Waals surface area contributed by atoms with Crippen molar-refractivity contribution in [2.45, 2.75) is 6.92 Å². The SMILES string of the molecule is C=C/C=C(\C=C/C)Oc1cc([N+](=O)[O-])ccc1O. The van der Waals surface area contributed by atoms with Gasteiger partial charge in [-0.25, -0.2) is 0 Å². The second kappa shape index (κ2) is 6.24. The molecule has 0 spiro atoms. The molecule has 5 nitrogen and oxygen atoms in total. The molecule has 0 heterocycles. The fourth-order valence-corrected chi connectivity index (χ4v) is 1.23. The Morgan fingerprint density at radius 3 is 2.83 bits per heavy atom. The number of hydrogen-bond donors (Lipinski definition) is 1. The summed E-state index contributed by atoms with van der Waals surface area (Å²) in [5.41, 5.74) is -0.152. The van der Waals surface area contributed by atoms with Crippen LogP contribution in [0.15, 0.2) is 54.8 Å². The summed E-state index contributed by atoms with van der Waals surface area (Å²) in [6, 6.07) is 3.58. The topological polar surface area (TPSA) is 72.6 Å². The summed E-state index contributed by atoms with van der Waals surface area (Å²) < 4.78 is 5.37. The lowest BCUT2D eigenvalue weighted by Gasteiger charge is -2.07. The van der Waals surface area contributed by atoms with Gasteiger partial charge < -0.3 is 9.84 Å². The van der Waals surface area contributed by atoms with Gasteiger partial charge in [0.1, 0.15) is 5.76 Å². The first-order valence-electron chi connectivity index (χ1n) is 5.19. The summed E-state index contributed by atoms with van der Waals surface area (Å²) in [6.07, 6.45) is 6.49. The molecule has 0 amide bonds. The lowest BCUT2D eigenvalue weighted by molar-refractivity contribution is -0.384. The second-order valence-corrected chi connectivity index (χ2v) is 3.32. The van der Waals surface area contributed by atoms with Gasteiger partial charge in [0.15, 0.2) is 11.5 Å². The quantitative estimate of drug-likeness (QED) is 0.375. The Bertz CT molecular complexity index is 518. The van der Waals surface area contributed by atoms with Crippen LogP contribution in [0.25, 0.3) is 0 Å². The molecule has 5 heteroatoms. The van der Waals surface area contributed by atoms with Crippen molar-refractivity contribution in [2.75, 3.05) is 0 Å². The zero-order valence-corrected chi connectivity index (χ0v) is 9.87. The van der Waals surface area contributed by atoms with E-state index in [0.717, 1.165) is 6.07 Å². The number of nitrogens with zero attached hydrogens (tertiary/aromatic N) is 1. The van der Waals surface area contributed by atoms with Crippen LogP contribution in [0.1, 0.15) is 6.92 Å². The maximum atomic E-state index is 10.6. The summed E-state index contributed by atoms with van der Waals surface area (Å²) in [7, 11) is 0. The van der Waals surface area contributed by atoms with Crippen LogP contribution in [0, 0.1) is 10.1 Å². The average molecular weight is 247 g/mol. The van der Waals surface area contributed by atoms with Crippen LogP contribution in [-0.2, 0) is 0 Å². The van der Waals surface area contributed by atoms with Crippen LogP contribution in [0.3, 0.4) is 0 Å². The molecule has 1 aromatic carbocycles. The molecule has 18 heavy (non-hydrogen) atoms. The Hall–Kier alpha value is -2.56. The van der Waals surface area contributed by atoms with Gasteiger partial charge in [0.05, 0.1) is 11.0 Å². The van der Waals surface area contributed by atoms with E-state index in [1.165, 1.54) is 18.2 Å². The fraction of sp³-hybridized carbons (Fsp3) is 0.0769. The third kappa shape index (κ3) is 3.48. The number of rotatable bonds is 5. The summed E-state index contributed by atoms with van der Waals surface area (Å²) in [5, 5.41) is 20.2. The molecule has 0 radical (unpaired) electrons. The number of ether oxygens (including phenoxy) is 1. The Morgan fingerprint density at radius 1 is 1.56 bits per heavy atom. The van der Waals surface area contributed by atoms with E-state index in [9.17, 15) is 15.2 Å². The largest absolute Gasteiger partial charge is 0.504 e. The predicted octanol–water partition coefficient (Wildman–Crippen LogP) is 3.33. The number of aromatic hydroxyl groups is 1. The van der Waals surface area contributed by atoms with Crippen LogP contribution in [-0.4, -0.2) is 10.0 Å². The minimum atomic E-state index is -0.557. The van der Waals surface area contributed by atoms with Crippen molar-refractivity contribution in [2.24, 2.45) is 0 Å². The van der Waals surface area contributed by atoms with Gasteiger partial charge in [-0.3, -0.25) is 10.1 Å². The van der Waals surface area contributed by atoms with E-state index >= 15 is 0 Å². The maximum absolute atomic E-state index is 10.6. The van der Waals surface area contributed by atoms with Gasteiger partial charge in [-0.1, -0.05) is 18.7 Å². The highest BCUT2D eigenvalue weighted by Gasteiger charge is 2.12. The van der Waals surface area contributed by atoms with Gasteiger partial charge >= 0.3 is 0 Å². The molecule has 94 valence electrons. The zero-order valence-electron chi connectivity index (χ0n) is 9.87. The highest BCUT2D eigenvalue weighted by atomic mass is 16.6. The molecule has 0 fully saturated rings. The van der Waals surface area contributed by atoms with E-state index < -0.39 is 4.92 Å². The lowest BCUT2D eigenvalue weighted by atomic mass is 10.3. The van der Waals surface area contributed by atoms with Crippen LogP contribution in [0.4, 0.5) is 5.69 Å². The van der Waals surface area contributed by atoms with Crippen molar-refractivity contribution < 1.29 is 14.8 Å². The molecule has 0 unspecified atom stereocenters. The lowest BCUT2D eigenvalue weighted by Crippen LogP contribution is -1.94. The zero-order chi connectivity index (χ0) is 13.5. The Labute approximate surface area is 104 Å². The number of phenols is 1. The molecule has 0 saturated carbocycles. The number of phenolic OH excluding ortho intramolecular Hbond substituents is 1. The first kappa shape index (κ1) is 13.5. The van der Waals surface area contributed by atoms with Gasteiger partial charge in [-0.05, 0) is 25.1 Å². The molecule has 0 atom stereocenters. The number of benzene rings is 1. The third-order valence-electron chi connectivity index (χ3n) is 2.00. The number of nitro groups is 1. The molecule has 1 aromatic rings. The first-order valence-corrected chi connectivity index (χ1v) is 5.19. The maximum Gasteiger partial charge on any atom is 0.273 e. The number of nitro benzene ring substituents is 1. The summed E-state index contributed by atoms with van der Waals surface area (Å²) >= 11 is 0.